The fraction of sp³-hybridized carbons (Fsp3) is 0.545. The number of aromatic nitrogens is 1. The van der Waals surface area contributed by atoms with Gasteiger partial charge < -0.3 is 10.2 Å². The number of nitrogens with one attached hydrogen (secondary N) is 1. The maximum atomic E-state index is 12.5. The third-order valence-corrected chi connectivity index (χ3v) is 4.73. The number of nitrogens with zero attached hydrogens (tertiary/aromatic N) is 2. The van der Waals surface area contributed by atoms with Crippen LogP contribution < -0.4 is 11.3 Å². The van der Waals surface area contributed by atoms with Crippen LogP contribution in [0.25, 0.3) is 0 Å². The van der Waals surface area contributed by atoms with Gasteiger partial charge in [0.25, 0.3) is 0 Å². The van der Waals surface area contributed by atoms with Gasteiger partial charge >= 0.3 is 0 Å². The van der Waals surface area contributed by atoms with Crippen LogP contribution in [0, 0.1) is 0 Å². The lowest BCUT2D eigenvalue weighted by molar-refractivity contribution is -0.0440. The van der Waals surface area contributed by atoms with E-state index in [2.05, 4.69) is 10.4 Å². The Morgan fingerprint density at radius 3 is 2.63 bits per heavy atom. The third kappa shape index (κ3) is 3.03. The molecule has 0 radical (unpaired) electrons. The highest BCUT2D eigenvalue weighted by molar-refractivity contribution is 7.89. The minimum absolute atomic E-state index is 0.118. The Balaban J connectivity index is 2.30. The number of nitrogens with two attached hydrogens (primary N) is 1. The van der Waals surface area contributed by atoms with E-state index < -0.39 is 10.0 Å². The Hall–Kier alpha value is -1.22. The van der Waals surface area contributed by atoms with Crippen LogP contribution in [0.4, 0.5) is 5.82 Å². The number of nitrogen functional groups attached to an aromatic ring is 1. The van der Waals surface area contributed by atoms with E-state index in [0.29, 0.717) is 18.9 Å². The summed E-state index contributed by atoms with van der Waals surface area (Å²) < 4.78 is 32.0. The standard InChI is InChI=1S/C11H18N4O3S/c1-8-6-15(7-9(2)18-8)19(16,17)10-3-4-13-11(5-10)14-12/h3-5,8-9H,6-7,12H2,1-2H3,(H,13,14)/t8-,9+. The molecule has 8 heteroatoms. The van der Waals surface area contributed by atoms with Gasteiger partial charge in [-0.25, -0.2) is 19.2 Å². The molecular formula is C11H18N4O3S. The Labute approximate surface area is 112 Å². The molecule has 7 nitrogen and oxygen atoms in total. The first kappa shape index (κ1) is 14.2. The third-order valence-electron chi connectivity index (χ3n) is 2.90. The van der Waals surface area contributed by atoms with Crippen LogP contribution in [0.15, 0.2) is 23.2 Å². The number of hydrogen-bond acceptors (Lipinski definition) is 6. The zero-order valence-corrected chi connectivity index (χ0v) is 11.7. The van der Waals surface area contributed by atoms with Crippen LogP contribution in [-0.2, 0) is 14.8 Å². The van der Waals surface area contributed by atoms with E-state index >= 15 is 0 Å². The van der Waals surface area contributed by atoms with Gasteiger partial charge in [0.15, 0.2) is 0 Å². The van der Waals surface area contributed by atoms with E-state index in [9.17, 15) is 8.42 Å². The molecule has 1 aliphatic heterocycles. The summed E-state index contributed by atoms with van der Waals surface area (Å²) >= 11 is 0. The van der Waals surface area contributed by atoms with Gasteiger partial charge in [0.1, 0.15) is 5.82 Å². The highest BCUT2D eigenvalue weighted by Gasteiger charge is 2.32. The van der Waals surface area contributed by atoms with Gasteiger partial charge in [-0.1, -0.05) is 0 Å². The molecule has 1 aliphatic rings. The minimum Gasteiger partial charge on any atom is -0.373 e. The molecule has 1 aromatic rings. The van der Waals surface area contributed by atoms with Crippen LogP contribution in [0.5, 0.6) is 0 Å². The highest BCUT2D eigenvalue weighted by atomic mass is 32.2. The van der Waals surface area contributed by atoms with E-state index in [1.165, 1.54) is 22.6 Å². The molecule has 3 N–H and O–H groups in total. The lowest BCUT2D eigenvalue weighted by atomic mass is 10.3. The van der Waals surface area contributed by atoms with Crippen LogP contribution in [0.1, 0.15) is 13.8 Å². The average molecular weight is 286 g/mol. The Morgan fingerprint density at radius 1 is 1.42 bits per heavy atom. The highest BCUT2D eigenvalue weighted by Crippen LogP contribution is 2.21. The van der Waals surface area contributed by atoms with Crippen molar-refractivity contribution in [1.29, 1.82) is 0 Å². The first-order valence-corrected chi connectivity index (χ1v) is 7.45. The molecule has 1 aromatic heterocycles. The predicted molar refractivity (Wildman–Crippen MR) is 70.8 cm³/mol. The molecule has 0 spiro atoms. The van der Waals surface area contributed by atoms with Gasteiger partial charge in [0.2, 0.25) is 10.0 Å². The number of sulfonamides is 1. The number of hydrazine groups is 1. The van der Waals surface area contributed by atoms with Crippen LogP contribution in [0.2, 0.25) is 0 Å². The van der Waals surface area contributed by atoms with Gasteiger partial charge in [-0.2, -0.15) is 4.31 Å². The summed E-state index contributed by atoms with van der Waals surface area (Å²) in [4.78, 5) is 4.08. The van der Waals surface area contributed by atoms with Crippen molar-refractivity contribution in [2.75, 3.05) is 18.5 Å². The van der Waals surface area contributed by atoms with Crippen molar-refractivity contribution in [2.24, 2.45) is 5.84 Å². The molecule has 1 saturated heterocycles. The van der Waals surface area contributed by atoms with Crippen molar-refractivity contribution in [3.8, 4) is 0 Å². The molecule has 0 saturated carbocycles. The van der Waals surface area contributed by atoms with Crippen molar-refractivity contribution in [2.45, 2.75) is 31.0 Å². The van der Waals surface area contributed by atoms with Crippen molar-refractivity contribution in [1.82, 2.24) is 9.29 Å². The quantitative estimate of drug-likeness (QED) is 0.607. The molecular weight excluding hydrogens is 268 g/mol. The topological polar surface area (TPSA) is 97.6 Å². The number of hydrogen-bond donors (Lipinski definition) is 2. The zero-order chi connectivity index (χ0) is 14.0. The second-order valence-corrected chi connectivity index (χ2v) is 6.54. The van der Waals surface area contributed by atoms with E-state index in [1.54, 1.807) is 0 Å². The predicted octanol–water partition coefficient (Wildman–Crippen LogP) is 0.165. The first-order valence-electron chi connectivity index (χ1n) is 6.01. The maximum Gasteiger partial charge on any atom is 0.243 e. The van der Waals surface area contributed by atoms with E-state index in [-0.39, 0.29) is 17.1 Å². The monoisotopic (exact) mass is 286 g/mol. The molecule has 106 valence electrons. The summed E-state index contributed by atoms with van der Waals surface area (Å²) in [5, 5.41) is 0. The molecule has 0 aliphatic carbocycles. The average Bonchev–Trinajstić information content (AvgIpc) is 2.37. The molecule has 0 aromatic carbocycles. The molecule has 19 heavy (non-hydrogen) atoms. The van der Waals surface area contributed by atoms with Gasteiger partial charge in [-0.15, -0.1) is 0 Å². The molecule has 2 atom stereocenters. The van der Waals surface area contributed by atoms with Gasteiger partial charge in [0, 0.05) is 25.4 Å². The number of rotatable bonds is 3. The smallest absolute Gasteiger partial charge is 0.243 e. The fourth-order valence-electron chi connectivity index (χ4n) is 2.13. The summed E-state index contributed by atoms with van der Waals surface area (Å²) in [5.41, 5.74) is 2.34. The number of morpholine rings is 1. The summed E-state index contributed by atoms with van der Waals surface area (Å²) in [6.45, 7) is 4.41. The fourth-order valence-corrected chi connectivity index (χ4v) is 3.73. The Morgan fingerprint density at radius 2 is 2.05 bits per heavy atom. The second kappa shape index (κ2) is 5.41. The van der Waals surface area contributed by atoms with Crippen molar-refractivity contribution < 1.29 is 13.2 Å². The van der Waals surface area contributed by atoms with Crippen molar-refractivity contribution >= 4 is 15.8 Å². The van der Waals surface area contributed by atoms with Crippen LogP contribution in [0.3, 0.4) is 0 Å². The molecule has 0 bridgehead atoms. The van der Waals surface area contributed by atoms with Gasteiger partial charge in [0.05, 0.1) is 17.1 Å². The molecule has 1 fully saturated rings. The van der Waals surface area contributed by atoms with Crippen LogP contribution in [-0.4, -0.2) is 43.0 Å². The number of ether oxygens (including phenoxy) is 1. The van der Waals surface area contributed by atoms with E-state index in [4.69, 9.17) is 10.6 Å². The van der Waals surface area contributed by atoms with Gasteiger partial charge in [-0.3, -0.25) is 0 Å². The largest absolute Gasteiger partial charge is 0.373 e. The summed E-state index contributed by atoms with van der Waals surface area (Å²) in [7, 11) is -3.54. The lowest BCUT2D eigenvalue weighted by Crippen LogP contribution is -2.48. The summed E-state index contributed by atoms with van der Waals surface area (Å²) in [6, 6.07) is 2.88. The molecule has 2 heterocycles. The second-order valence-electron chi connectivity index (χ2n) is 4.60. The summed E-state index contributed by atoms with van der Waals surface area (Å²) in [6.07, 6.45) is 1.18. The number of anilines is 1. The molecule has 0 amide bonds. The Kier molecular flexibility index (Phi) is 4.04. The van der Waals surface area contributed by atoms with E-state index in [0.717, 1.165) is 0 Å². The first-order chi connectivity index (χ1) is 8.93. The SMILES string of the molecule is C[C@@H]1CN(S(=O)(=O)c2ccnc(NN)c2)C[C@H](C)O1. The minimum atomic E-state index is -3.54. The number of pyridine rings is 1. The molecule has 0 unspecified atom stereocenters. The maximum absolute atomic E-state index is 12.5. The lowest BCUT2D eigenvalue weighted by Gasteiger charge is -2.34. The van der Waals surface area contributed by atoms with Crippen LogP contribution >= 0.6 is 0 Å². The van der Waals surface area contributed by atoms with Crippen molar-refractivity contribution in [3.05, 3.63) is 18.3 Å². The van der Waals surface area contributed by atoms with Crippen molar-refractivity contribution in [3.63, 3.8) is 0 Å². The van der Waals surface area contributed by atoms with E-state index in [1.807, 2.05) is 13.8 Å². The van der Waals surface area contributed by atoms with Gasteiger partial charge in [-0.05, 0) is 19.9 Å². The normalized spacial score (nSPS) is 25.2. The zero-order valence-electron chi connectivity index (χ0n) is 10.9. The Bertz CT molecular complexity index is 539. The molecule has 2 rings (SSSR count). The summed E-state index contributed by atoms with van der Waals surface area (Å²) in [5.74, 6) is 5.56.